The molecule has 0 unspecified atom stereocenters. The summed E-state index contributed by atoms with van der Waals surface area (Å²) in [5.41, 5.74) is 5.32. The van der Waals surface area contributed by atoms with E-state index in [1.54, 1.807) is 0 Å². The first-order chi connectivity index (χ1) is 8.06. The number of H-pyrrole nitrogens is 1. The van der Waals surface area contributed by atoms with Gasteiger partial charge in [0.25, 0.3) is 11.4 Å². The fourth-order valence-electron chi connectivity index (χ4n) is 1.32. The van der Waals surface area contributed by atoms with Crippen LogP contribution < -0.4 is 20.8 Å². The van der Waals surface area contributed by atoms with Crippen molar-refractivity contribution in [1.82, 2.24) is 9.97 Å². The number of methoxy groups -OCH3 is 1. The van der Waals surface area contributed by atoms with Gasteiger partial charge < -0.3 is 20.2 Å². The highest BCUT2D eigenvalue weighted by molar-refractivity contribution is 5.29. The van der Waals surface area contributed by atoms with Crippen LogP contribution in [-0.4, -0.2) is 29.2 Å². The molecule has 0 spiro atoms. The van der Waals surface area contributed by atoms with E-state index in [2.05, 4.69) is 9.97 Å². The smallest absolute Gasteiger partial charge is 0.297 e. The SMILES string of the molecule is CCC(N)(CC)COc1nc[nH]c(=O)c1OC. The Labute approximate surface area is 100 Å². The van der Waals surface area contributed by atoms with Crippen LogP contribution in [-0.2, 0) is 0 Å². The average Bonchev–Trinajstić information content (AvgIpc) is 2.36. The van der Waals surface area contributed by atoms with Crippen molar-refractivity contribution < 1.29 is 9.47 Å². The molecule has 6 heteroatoms. The third-order valence-corrected chi connectivity index (χ3v) is 2.89. The Bertz CT molecular complexity index is 413. The first-order valence-corrected chi connectivity index (χ1v) is 5.59. The maximum Gasteiger partial charge on any atom is 0.297 e. The summed E-state index contributed by atoms with van der Waals surface area (Å²) >= 11 is 0. The van der Waals surface area contributed by atoms with Crippen LogP contribution >= 0.6 is 0 Å². The number of aromatic nitrogens is 2. The van der Waals surface area contributed by atoms with Gasteiger partial charge in [-0.05, 0) is 12.8 Å². The van der Waals surface area contributed by atoms with E-state index in [-0.39, 0.29) is 17.2 Å². The van der Waals surface area contributed by atoms with Gasteiger partial charge in [0.05, 0.1) is 13.4 Å². The van der Waals surface area contributed by atoms with Crippen LogP contribution in [0.25, 0.3) is 0 Å². The van der Waals surface area contributed by atoms with Crippen LogP contribution in [0.2, 0.25) is 0 Å². The van der Waals surface area contributed by atoms with Crippen LogP contribution in [0, 0.1) is 0 Å². The normalized spacial score (nSPS) is 11.3. The molecule has 0 aliphatic carbocycles. The highest BCUT2D eigenvalue weighted by atomic mass is 16.5. The van der Waals surface area contributed by atoms with Crippen molar-refractivity contribution in [2.45, 2.75) is 32.2 Å². The summed E-state index contributed by atoms with van der Waals surface area (Å²) < 4.78 is 10.4. The van der Waals surface area contributed by atoms with Gasteiger partial charge in [-0.1, -0.05) is 13.8 Å². The van der Waals surface area contributed by atoms with Crippen molar-refractivity contribution in [3.63, 3.8) is 0 Å². The molecule has 3 N–H and O–H groups in total. The molecule has 0 fully saturated rings. The van der Waals surface area contributed by atoms with Crippen molar-refractivity contribution in [2.24, 2.45) is 5.73 Å². The van der Waals surface area contributed by atoms with Gasteiger partial charge in [-0.25, -0.2) is 4.98 Å². The molecule has 0 amide bonds. The summed E-state index contributed by atoms with van der Waals surface area (Å²) in [6.07, 6.45) is 2.85. The second-order valence-electron chi connectivity index (χ2n) is 3.93. The molecular formula is C11H19N3O3. The highest BCUT2D eigenvalue weighted by Gasteiger charge is 2.22. The lowest BCUT2D eigenvalue weighted by Crippen LogP contribution is -2.44. The van der Waals surface area contributed by atoms with Crippen LogP contribution in [0.3, 0.4) is 0 Å². The van der Waals surface area contributed by atoms with E-state index in [1.165, 1.54) is 13.4 Å². The third kappa shape index (κ3) is 3.20. The minimum absolute atomic E-state index is 0.0713. The van der Waals surface area contributed by atoms with E-state index >= 15 is 0 Å². The van der Waals surface area contributed by atoms with E-state index in [4.69, 9.17) is 15.2 Å². The molecule has 0 saturated heterocycles. The molecule has 0 bridgehead atoms. The number of hydrogen-bond acceptors (Lipinski definition) is 5. The lowest BCUT2D eigenvalue weighted by atomic mass is 9.96. The predicted octanol–water partition coefficient (Wildman–Crippen LogP) is 0.675. The summed E-state index contributed by atoms with van der Waals surface area (Å²) in [6.45, 7) is 4.29. The highest BCUT2D eigenvalue weighted by Crippen LogP contribution is 2.20. The minimum atomic E-state index is -0.407. The first kappa shape index (κ1) is 13.5. The molecule has 1 heterocycles. The Balaban J connectivity index is 2.82. The molecule has 1 rings (SSSR count). The van der Waals surface area contributed by atoms with Gasteiger partial charge in [0.2, 0.25) is 5.75 Å². The molecule has 17 heavy (non-hydrogen) atoms. The number of aromatic amines is 1. The van der Waals surface area contributed by atoms with Gasteiger partial charge >= 0.3 is 0 Å². The Morgan fingerprint density at radius 3 is 2.65 bits per heavy atom. The van der Waals surface area contributed by atoms with Crippen molar-refractivity contribution in [2.75, 3.05) is 13.7 Å². The molecule has 0 aliphatic heterocycles. The van der Waals surface area contributed by atoms with Crippen LogP contribution in [0.5, 0.6) is 11.6 Å². The number of nitrogens with zero attached hydrogens (tertiary/aromatic N) is 1. The summed E-state index contributed by atoms with van der Waals surface area (Å²) in [4.78, 5) is 17.7. The maximum atomic E-state index is 11.4. The van der Waals surface area contributed by atoms with Gasteiger partial charge in [0.1, 0.15) is 6.61 Å². The summed E-state index contributed by atoms with van der Waals surface area (Å²) in [5, 5.41) is 0. The monoisotopic (exact) mass is 241 g/mol. The molecule has 0 atom stereocenters. The Hall–Kier alpha value is -1.56. The largest absolute Gasteiger partial charge is 0.487 e. The van der Waals surface area contributed by atoms with Gasteiger partial charge in [-0.3, -0.25) is 4.79 Å². The molecule has 0 radical (unpaired) electrons. The fourth-order valence-corrected chi connectivity index (χ4v) is 1.32. The Morgan fingerprint density at radius 1 is 1.47 bits per heavy atom. The predicted molar refractivity (Wildman–Crippen MR) is 64.4 cm³/mol. The second-order valence-corrected chi connectivity index (χ2v) is 3.93. The number of hydrogen-bond donors (Lipinski definition) is 2. The minimum Gasteiger partial charge on any atom is -0.487 e. The van der Waals surface area contributed by atoms with E-state index in [0.717, 1.165) is 12.8 Å². The quantitative estimate of drug-likeness (QED) is 0.764. The van der Waals surface area contributed by atoms with Crippen molar-refractivity contribution in [3.8, 4) is 11.6 Å². The lowest BCUT2D eigenvalue weighted by Gasteiger charge is -2.26. The van der Waals surface area contributed by atoms with E-state index in [1.807, 2.05) is 13.8 Å². The number of nitrogens with one attached hydrogen (secondary N) is 1. The molecule has 6 nitrogen and oxygen atoms in total. The first-order valence-electron chi connectivity index (χ1n) is 5.59. The molecule has 1 aromatic heterocycles. The van der Waals surface area contributed by atoms with Gasteiger partial charge in [0.15, 0.2) is 0 Å². The Morgan fingerprint density at radius 2 is 2.12 bits per heavy atom. The van der Waals surface area contributed by atoms with Crippen molar-refractivity contribution in [1.29, 1.82) is 0 Å². The third-order valence-electron chi connectivity index (χ3n) is 2.89. The van der Waals surface area contributed by atoms with Gasteiger partial charge in [-0.15, -0.1) is 0 Å². The van der Waals surface area contributed by atoms with Gasteiger partial charge in [-0.2, -0.15) is 0 Å². The number of rotatable bonds is 6. The van der Waals surface area contributed by atoms with E-state index in [9.17, 15) is 4.79 Å². The molecule has 1 aromatic rings. The second kappa shape index (κ2) is 5.67. The zero-order chi connectivity index (χ0) is 12.9. The number of ether oxygens (including phenoxy) is 2. The maximum absolute atomic E-state index is 11.4. The molecule has 96 valence electrons. The van der Waals surface area contributed by atoms with E-state index < -0.39 is 5.54 Å². The van der Waals surface area contributed by atoms with Crippen molar-refractivity contribution in [3.05, 3.63) is 16.7 Å². The van der Waals surface area contributed by atoms with Crippen LogP contribution in [0.1, 0.15) is 26.7 Å². The Kier molecular flexibility index (Phi) is 4.51. The standard InChI is InChI=1S/C11H19N3O3/c1-4-11(12,5-2)6-17-10-8(16-3)9(15)13-7-14-10/h7H,4-6,12H2,1-3H3,(H,13,14,15). The van der Waals surface area contributed by atoms with Crippen molar-refractivity contribution >= 4 is 0 Å². The molecular weight excluding hydrogens is 222 g/mol. The van der Waals surface area contributed by atoms with E-state index in [0.29, 0.717) is 6.61 Å². The molecule has 0 saturated carbocycles. The molecule has 0 aromatic carbocycles. The average molecular weight is 241 g/mol. The zero-order valence-electron chi connectivity index (χ0n) is 10.4. The lowest BCUT2D eigenvalue weighted by molar-refractivity contribution is 0.192. The zero-order valence-corrected chi connectivity index (χ0v) is 10.4. The summed E-state index contributed by atoms with van der Waals surface area (Å²) in [5.74, 6) is 0.245. The van der Waals surface area contributed by atoms with Crippen LogP contribution in [0.4, 0.5) is 0 Å². The topological polar surface area (TPSA) is 90.2 Å². The number of nitrogens with two attached hydrogens (primary N) is 1. The molecule has 0 aliphatic rings. The van der Waals surface area contributed by atoms with Gasteiger partial charge in [0, 0.05) is 5.54 Å². The summed E-state index contributed by atoms with van der Waals surface area (Å²) in [7, 11) is 1.40. The fraction of sp³-hybridized carbons (Fsp3) is 0.636. The summed E-state index contributed by atoms with van der Waals surface area (Å²) in [6, 6.07) is 0. The van der Waals surface area contributed by atoms with Crippen LogP contribution in [0.15, 0.2) is 11.1 Å².